The zero-order valence-electron chi connectivity index (χ0n) is 15.8. The number of ether oxygens (including phenoxy) is 1. The van der Waals surface area contributed by atoms with Gasteiger partial charge in [-0.3, -0.25) is 9.36 Å². The number of allylic oxidation sites excluding steroid dienone is 1. The Balaban J connectivity index is 1.71. The summed E-state index contributed by atoms with van der Waals surface area (Å²) < 4.78 is 12.8. The maximum absolute atomic E-state index is 12.4. The maximum atomic E-state index is 12.4. The van der Waals surface area contributed by atoms with Crippen LogP contribution < -0.4 is 10.1 Å². The van der Waals surface area contributed by atoms with E-state index in [4.69, 9.17) is 9.15 Å². The molecule has 0 saturated carbocycles. The van der Waals surface area contributed by atoms with Gasteiger partial charge in [0.2, 0.25) is 5.91 Å². The molecule has 3 rings (SSSR count). The molecule has 0 atom stereocenters. The summed E-state index contributed by atoms with van der Waals surface area (Å²) in [6.45, 7) is 8.64. The van der Waals surface area contributed by atoms with Crippen LogP contribution in [0.2, 0.25) is 0 Å². The van der Waals surface area contributed by atoms with Crippen LogP contribution >= 0.6 is 11.8 Å². The lowest BCUT2D eigenvalue weighted by Gasteiger charge is -2.11. The van der Waals surface area contributed by atoms with Crippen molar-refractivity contribution in [1.82, 2.24) is 14.8 Å². The number of nitrogens with zero attached hydrogens (tertiary/aromatic N) is 3. The molecule has 0 aliphatic heterocycles. The Morgan fingerprint density at radius 2 is 2.18 bits per heavy atom. The molecule has 28 heavy (non-hydrogen) atoms. The third kappa shape index (κ3) is 4.45. The third-order valence-electron chi connectivity index (χ3n) is 3.92. The number of hydrogen-bond acceptors (Lipinski definition) is 6. The number of benzene rings is 1. The molecule has 1 amide bonds. The topological polar surface area (TPSA) is 82.2 Å². The van der Waals surface area contributed by atoms with Gasteiger partial charge in [0.15, 0.2) is 11.0 Å². The summed E-state index contributed by atoms with van der Waals surface area (Å²) in [7, 11) is 0. The Hall–Kier alpha value is -3.00. The standard InChI is InChI=1S/C20H22N4O3S/c1-4-11-24-19(15-10-12-27-14(15)3)22-23-20(24)28-13-18(25)21-16-8-6-7-9-17(16)26-5-2/h4,6-10,12H,1,5,11,13H2,2-3H3,(H,21,25). The van der Waals surface area contributed by atoms with Crippen LogP contribution in [0.25, 0.3) is 11.4 Å². The summed E-state index contributed by atoms with van der Waals surface area (Å²) >= 11 is 1.32. The quantitative estimate of drug-likeness (QED) is 0.430. The summed E-state index contributed by atoms with van der Waals surface area (Å²) in [5.41, 5.74) is 1.52. The van der Waals surface area contributed by atoms with Gasteiger partial charge in [-0.2, -0.15) is 0 Å². The number of anilines is 1. The zero-order valence-corrected chi connectivity index (χ0v) is 16.7. The first-order chi connectivity index (χ1) is 13.6. The molecule has 146 valence electrons. The number of aromatic nitrogens is 3. The predicted molar refractivity (Wildman–Crippen MR) is 110 cm³/mol. The molecule has 0 unspecified atom stereocenters. The van der Waals surface area contributed by atoms with Crippen molar-refractivity contribution >= 4 is 23.4 Å². The van der Waals surface area contributed by atoms with Crippen molar-refractivity contribution in [2.75, 3.05) is 17.7 Å². The lowest BCUT2D eigenvalue weighted by molar-refractivity contribution is -0.113. The molecule has 0 saturated heterocycles. The molecule has 0 fully saturated rings. The average Bonchev–Trinajstić information content (AvgIpc) is 3.28. The summed E-state index contributed by atoms with van der Waals surface area (Å²) in [5.74, 6) is 2.15. The van der Waals surface area contributed by atoms with Crippen molar-refractivity contribution in [1.29, 1.82) is 0 Å². The zero-order chi connectivity index (χ0) is 19.9. The highest BCUT2D eigenvalue weighted by atomic mass is 32.2. The molecular weight excluding hydrogens is 376 g/mol. The Labute approximate surface area is 167 Å². The number of aryl methyl sites for hydroxylation is 1. The Bertz CT molecular complexity index is 964. The van der Waals surface area contributed by atoms with Crippen molar-refractivity contribution in [3.05, 3.63) is 55.0 Å². The number of furan rings is 1. The van der Waals surface area contributed by atoms with Crippen molar-refractivity contribution in [2.45, 2.75) is 25.5 Å². The Morgan fingerprint density at radius 1 is 1.36 bits per heavy atom. The largest absolute Gasteiger partial charge is 0.492 e. The number of carbonyl (C=O) groups is 1. The van der Waals surface area contributed by atoms with Crippen LogP contribution in [0.3, 0.4) is 0 Å². The van der Waals surface area contributed by atoms with Crippen LogP contribution in [-0.4, -0.2) is 33.0 Å². The molecule has 1 N–H and O–H groups in total. The smallest absolute Gasteiger partial charge is 0.234 e. The van der Waals surface area contributed by atoms with E-state index in [0.717, 1.165) is 11.3 Å². The van der Waals surface area contributed by atoms with Crippen LogP contribution in [0, 0.1) is 6.92 Å². The lowest BCUT2D eigenvalue weighted by Crippen LogP contribution is -2.15. The second kappa shape index (κ2) is 9.27. The van der Waals surface area contributed by atoms with Gasteiger partial charge < -0.3 is 14.5 Å². The van der Waals surface area contributed by atoms with Gasteiger partial charge in [0, 0.05) is 6.54 Å². The number of para-hydroxylation sites is 2. The predicted octanol–water partition coefficient (Wildman–Crippen LogP) is 4.16. The summed E-state index contributed by atoms with van der Waals surface area (Å²) in [6, 6.07) is 9.21. The maximum Gasteiger partial charge on any atom is 0.234 e. The molecule has 7 nitrogen and oxygen atoms in total. The first-order valence-electron chi connectivity index (χ1n) is 8.87. The molecule has 0 spiro atoms. The number of hydrogen-bond donors (Lipinski definition) is 1. The van der Waals surface area contributed by atoms with Crippen LogP contribution in [0.5, 0.6) is 5.75 Å². The SMILES string of the molecule is C=CCn1c(SCC(=O)Nc2ccccc2OCC)nnc1-c1ccoc1C. The Kier molecular flexibility index (Phi) is 6.54. The number of rotatable bonds is 9. The van der Waals surface area contributed by atoms with Crippen molar-refractivity contribution in [3.8, 4) is 17.1 Å². The minimum atomic E-state index is -0.147. The lowest BCUT2D eigenvalue weighted by atomic mass is 10.2. The molecule has 1 aromatic carbocycles. The highest BCUT2D eigenvalue weighted by molar-refractivity contribution is 7.99. The first kappa shape index (κ1) is 19.8. The van der Waals surface area contributed by atoms with E-state index in [0.29, 0.717) is 35.6 Å². The second-order valence-corrected chi connectivity index (χ2v) is 6.80. The van der Waals surface area contributed by atoms with Gasteiger partial charge in [-0.25, -0.2) is 0 Å². The summed E-state index contributed by atoms with van der Waals surface area (Å²) in [5, 5.41) is 12.0. The normalized spacial score (nSPS) is 10.6. The molecule has 0 aliphatic rings. The minimum Gasteiger partial charge on any atom is -0.492 e. The van der Waals surface area contributed by atoms with Crippen molar-refractivity contribution in [2.24, 2.45) is 0 Å². The van der Waals surface area contributed by atoms with Gasteiger partial charge >= 0.3 is 0 Å². The summed E-state index contributed by atoms with van der Waals surface area (Å²) in [6.07, 6.45) is 3.39. The number of amides is 1. The molecule has 2 heterocycles. The van der Waals surface area contributed by atoms with Gasteiger partial charge in [0.25, 0.3) is 0 Å². The van der Waals surface area contributed by atoms with E-state index in [1.165, 1.54) is 11.8 Å². The monoisotopic (exact) mass is 398 g/mol. The van der Waals surface area contributed by atoms with Gasteiger partial charge in [0.1, 0.15) is 11.5 Å². The van der Waals surface area contributed by atoms with E-state index in [9.17, 15) is 4.79 Å². The van der Waals surface area contributed by atoms with Gasteiger partial charge in [-0.05, 0) is 32.0 Å². The molecule has 3 aromatic rings. The Morgan fingerprint density at radius 3 is 2.89 bits per heavy atom. The molecule has 2 aromatic heterocycles. The summed E-state index contributed by atoms with van der Waals surface area (Å²) in [4.78, 5) is 12.4. The van der Waals surface area contributed by atoms with Gasteiger partial charge in [0.05, 0.1) is 29.9 Å². The van der Waals surface area contributed by atoms with E-state index >= 15 is 0 Å². The molecular formula is C20H22N4O3S. The average molecular weight is 398 g/mol. The first-order valence-corrected chi connectivity index (χ1v) is 9.85. The fourth-order valence-corrected chi connectivity index (χ4v) is 3.42. The van der Waals surface area contributed by atoms with Gasteiger partial charge in [-0.1, -0.05) is 30.0 Å². The molecule has 0 radical (unpaired) electrons. The highest BCUT2D eigenvalue weighted by Crippen LogP contribution is 2.28. The van der Waals surface area contributed by atoms with Crippen molar-refractivity contribution < 1.29 is 13.9 Å². The van der Waals surface area contributed by atoms with Crippen LogP contribution in [-0.2, 0) is 11.3 Å². The van der Waals surface area contributed by atoms with Crippen LogP contribution in [0.1, 0.15) is 12.7 Å². The second-order valence-electron chi connectivity index (χ2n) is 5.86. The van der Waals surface area contributed by atoms with Gasteiger partial charge in [-0.15, -0.1) is 16.8 Å². The minimum absolute atomic E-state index is 0.147. The number of nitrogens with one attached hydrogen (secondary N) is 1. The van der Waals surface area contributed by atoms with Crippen LogP contribution in [0.15, 0.2) is 58.8 Å². The fraction of sp³-hybridized carbons (Fsp3) is 0.250. The fourth-order valence-electron chi connectivity index (χ4n) is 2.67. The van der Waals surface area contributed by atoms with E-state index in [-0.39, 0.29) is 11.7 Å². The van der Waals surface area contributed by atoms with E-state index in [1.54, 1.807) is 12.3 Å². The van der Waals surface area contributed by atoms with E-state index in [1.807, 2.05) is 48.7 Å². The molecule has 0 bridgehead atoms. The molecule has 0 aliphatic carbocycles. The van der Waals surface area contributed by atoms with Crippen molar-refractivity contribution in [3.63, 3.8) is 0 Å². The molecule has 8 heteroatoms. The third-order valence-corrected chi connectivity index (χ3v) is 4.89. The van der Waals surface area contributed by atoms with E-state index in [2.05, 4.69) is 22.1 Å². The van der Waals surface area contributed by atoms with E-state index < -0.39 is 0 Å². The number of thioether (sulfide) groups is 1. The highest BCUT2D eigenvalue weighted by Gasteiger charge is 2.18. The van der Waals surface area contributed by atoms with Crippen LogP contribution in [0.4, 0.5) is 5.69 Å². The number of carbonyl (C=O) groups excluding carboxylic acids is 1.